The van der Waals surface area contributed by atoms with Gasteiger partial charge in [0.15, 0.2) is 11.3 Å². The van der Waals surface area contributed by atoms with Crippen LogP contribution < -0.4 is 20.7 Å². The number of thioether (sulfide) groups is 2. The summed E-state index contributed by atoms with van der Waals surface area (Å²) < 4.78 is 7.82. The third kappa shape index (κ3) is 5.94. The Labute approximate surface area is 263 Å². The summed E-state index contributed by atoms with van der Waals surface area (Å²) in [5.74, 6) is -2.51. The lowest BCUT2D eigenvalue weighted by Crippen LogP contribution is -2.71. The summed E-state index contributed by atoms with van der Waals surface area (Å²) in [7, 11) is 0. The molecule has 0 bridgehead atoms. The Balaban J connectivity index is 1.15. The number of carbonyl (C=O) groups is 3. The average Bonchev–Trinajstić information content (AvgIpc) is 3.78. The van der Waals surface area contributed by atoms with E-state index in [0.29, 0.717) is 17.1 Å². The number of anilines is 1. The first-order valence-corrected chi connectivity index (χ1v) is 16.4. The zero-order valence-electron chi connectivity index (χ0n) is 23.2. The number of nitrogen functional groups attached to an aromatic ring is 1. The fourth-order valence-electron chi connectivity index (χ4n) is 5.12. The van der Waals surface area contributed by atoms with Crippen molar-refractivity contribution < 1.29 is 28.9 Å². The summed E-state index contributed by atoms with van der Waals surface area (Å²) >= 11 is 3.54. The van der Waals surface area contributed by atoms with Gasteiger partial charge in [-0.15, -0.1) is 16.3 Å². The van der Waals surface area contributed by atoms with E-state index in [0.717, 1.165) is 47.8 Å². The summed E-state index contributed by atoms with van der Waals surface area (Å²) in [6.45, 7) is 4.42. The van der Waals surface area contributed by atoms with Crippen LogP contribution in [0.2, 0.25) is 0 Å². The normalized spacial score (nSPS) is 20.7. The molecule has 1 aliphatic carbocycles. The Hall–Kier alpha value is -4.22. The summed E-state index contributed by atoms with van der Waals surface area (Å²) in [5, 5.41) is 25.4. The lowest BCUT2D eigenvalue weighted by molar-refractivity contribution is -0.660. The fourth-order valence-corrected chi connectivity index (χ4v) is 7.52. The van der Waals surface area contributed by atoms with Crippen molar-refractivity contribution in [2.45, 2.75) is 54.8 Å². The maximum Gasteiger partial charge on any atom is 0.307 e. The molecule has 2 amide bonds. The van der Waals surface area contributed by atoms with E-state index < -0.39 is 29.2 Å². The second kappa shape index (κ2) is 12.8. The smallest absolute Gasteiger partial charge is 0.307 e. The average molecular weight is 654 g/mol. The number of carboxylic acid groups (broad SMARTS) is 1. The van der Waals surface area contributed by atoms with E-state index in [1.807, 2.05) is 29.1 Å². The number of hydrogen-bond acceptors (Lipinski definition) is 13. The molecule has 1 saturated heterocycles. The molecule has 2 aliphatic heterocycles. The van der Waals surface area contributed by atoms with Crippen molar-refractivity contribution in [1.29, 1.82) is 0 Å². The van der Waals surface area contributed by atoms with Gasteiger partial charge in [0, 0.05) is 23.4 Å². The van der Waals surface area contributed by atoms with Gasteiger partial charge in [-0.25, -0.2) is 4.57 Å². The van der Waals surface area contributed by atoms with E-state index in [2.05, 4.69) is 31.5 Å². The molecular weight excluding hydrogens is 627 g/mol. The molecule has 2 atom stereocenters. The van der Waals surface area contributed by atoms with Crippen LogP contribution in [0.15, 0.2) is 70.1 Å². The number of β-lactam (4-membered cyclic amide) rings is 1. The van der Waals surface area contributed by atoms with Crippen LogP contribution in [0.25, 0.3) is 5.65 Å². The van der Waals surface area contributed by atoms with Gasteiger partial charge in [-0.3, -0.25) is 14.5 Å². The molecule has 3 aromatic rings. The summed E-state index contributed by atoms with van der Waals surface area (Å²) in [5.41, 5.74) is 6.60. The van der Waals surface area contributed by atoms with Crippen molar-refractivity contribution in [2.24, 2.45) is 5.16 Å². The molecule has 3 aliphatic rings. The molecule has 0 unspecified atom stereocenters. The molecule has 0 spiro atoms. The third-order valence-corrected chi connectivity index (χ3v) is 9.80. The van der Waals surface area contributed by atoms with Gasteiger partial charge in [0.1, 0.15) is 35.3 Å². The molecule has 5 heterocycles. The number of fused-ring (bicyclic) bond motifs is 2. The minimum Gasteiger partial charge on any atom is -0.543 e. The molecular formula is C27H27N9O5S3. The molecule has 228 valence electrons. The number of oxime groups is 1. The van der Waals surface area contributed by atoms with Gasteiger partial charge in [-0.05, 0) is 48.8 Å². The van der Waals surface area contributed by atoms with Crippen molar-refractivity contribution in [3.05, 3.63) is 65.8 Å². The number of imidazole rings is 1. The van der Waals surface area contributed by atoms with E-state index in [1.54, 1.807) is 22.1 Å². The van der Waals surface area contributed by atoms with Crippen LogP contribution in [0.1, 0.15) is 31.5 Å². The van der Waals surface area contributed by atoms with Gasteiger partial charge >= 0.3 is 5.65 Å². The van der Waals surface area contributed by atoms with Crippen LogP contribution in [-0.4, -0.2) is 70.6 Å². The predicted octanol–water partition coefficient (Wildman–Crippen LogP) is 0.615. The van der Waals surface area contributed by atoms with E-state index in [-0.39, 0.29) is 34.2 Å². The number of carboxylic acids is 1. The van der Waals surface area contributed by atoms with Crippen LogP contribution in [0, 0.1) is 0 Å². The zero-order valence-corrected chi connectivity index (χ0v) is 25.6. The Kier molecular flexibility index (Phi) is 8.67. The minimum absolute atomic E-state index is 0.00969. The quantitative estimate of drug-likeness (QED) is 0.0738. The summed E-state index contributed by atoms with van der Waals surface area (Å²) in [4.78, 5) is 49.4. The molecule has 14 nitrogen and oxygen atoms in total. The molecule has 3 N–H and O–H groups in total. The van der Waals surface area contributed by atoms with Crippen molar-refractivity contribution in [1.82, 2.24) is 29.2 Å². The third-order valence-electron chi connectivity index (χ3n) is 7.22. The SMILES string of the molecule is C=CC[n+]1ccn2nc(S/C=C/C3=C(C(=O)[O-])N4C(=O)[C@@H](NC(=O)/C(=N\OC5CCCC5)c5nsc(N)n5)[C@H]4SC3)ccc21. The number of rotatable bonds is 11. The second-order valence-electron chi connectivity index (χ2n) is 10.1. The van der Waals surface area contributed by atoms with Crippen LogP contribution in [0.5, 0.6) is 0 Å². The number of carbonyl (C=O) groups excluding carboxylic acids is 3. The zero-order chi connectivity index (χ0) is 30.8. The Morgan fingerprint density at radius 1 is 1.34 bits per heavy atom. The number of aliphatic carboxylic acids is 1. The Morgan fingerprint density at radius 2 is 2.16 bits per heavy atom. The van der Waals surface area contributed by atoms with Gasteiger partial charge < -0.3 is 25.8 Å². The van der Waals surface area contributed by atoms with Gasteiger partial charge in [0.2, 0.25) is 11.5 Å². The number of nitrogens with one attached hydrogen (secondary N) is 1. The molecule has 17 heteroatoms. The highest BCUT2D eigenvalue weighted by atomic mass is 32.2. The Bertz CT molecular complexity index is 1730. The number of nitrogens with zero attached hydrogens (tertiary/aromatic N) is 7. The maximum absolute atomic E-state index is 13.3. The Morgan fingerprint density at radius 3 is 2.89 bits per heavy atom. The number of aromatic nitrogens is 5. The first kappa shape index (κ1) is 29.8. The van der Waals surface area contributed by atoms with Crippen LogP contribution in [-0.2, 0) is 25.8 Å². The second-order valence-corrected chi connectivity index (χ2v) is 12.9. The highest BCUT2D eigenvalue weighted by molar-refractivity contribution is 8.02. The van der Waals surface area contributed by atoms with Crippen molar-refractivity contribution in [3.8, 4) is 0 Å². The van der Waals surface area contributed by atoms with E-state index in [9.17, 15) is 19.5 Å². The highest BCUT2D eigenvalue weighted by Gasteiger charge is 2.53. The standard InChI is InChI=1S/C27H27N9O5S3/c1-2-10-34-11-12-35-18(34)8-7-17(31-35)42-13-9-15-14-43-25-20(24(38)36(25)21(15)26(39)40)29-23(37)19(22-30-27(28)44-33-22)32-41-16-5-3-4-6-16/h2,7-9,11-13,16,20,25H,1,3-6,10,14H2,(H3-,28,29,30,33,37,39,40)/b13-9+,32-19-/t20-,25-/m1/s1. The van der Waals surface area contributed by atoms with Crippen LogP contribution >= 0.6 is 35.1 Å². The lowest BCUT2D eigenvalue weighted by Gasteiger charge is -2.50. The van der Waals surface area contributed by atoms with Crippen molar-refractivity contribution in [2.75, 3.05) is 11.5 Å². The number of allylic oxidation sites excluding steroid dienone is 2. The van der Waals surface area contributed by atoms with Crippen LogP contribution in [0.3, 0.4) is 0 Å². The maximum atomic E-state index is 13.3. The van der Waals surface area contributed by atoms with Crippen LogP contribution in [0.4, 0.5) is 5.13 Å². The fraction of sp³-hybridized carbons (Fsp3) is 0.333. The largest absolute Gasteiger partial charge is 0.543 e. The topological polar surface area (TPSA) is 184 Å². The number of nitrogens with two attached hydrogens (primary N) is 1. The first-order chi connectivity index (χ1) is 21.3. The summed E-state index contributed by atoms with van der Waals surface area (Å²) in [6, 6.07) is 2.81. The number of amides is 2. The van der Waals surface area contributed by atoms with Gasteiger partial charge in [0.25, 0.3) is 11.8 Å². The van der Waals surface area contributed by atoms with E-state index >= 15 is 0 Å². The molecule has 6 rings (SSSR count). The monoisotopic (exact) mass is 653 g/mol. The molecule has 0 radical (unpaired) electrons. The molecule has 44 heavy (non-hydrogen) atoms. The van der Waals surface area contributed by atoms with Crippen molar-refractivity contribution in [3.63, 3.8) is 0 Å². The molecule has 2 fully saturated rings. The highest BCUT2D eigenvalue weighted by Crippen LogP contribution is 2.40. The minimum atomic E-state index is -1.48. The van der Waals surface area contributed by atoms with Gasteiger partial charge in [-0.2, -0.15) is 9.36 Å². The predicted molar refractivity (Wildman–Crippen MR) is 162 cm³/mol. The van der Waals surface area contributed by atoms with Gasteiger partial charge in [-0.1, -0.05) is 34.7 Å². The first-order valence-electron chi connectivity index (χ1n) is 13.7. The van der Waals surface area contributed by atoms with Gasteiger partial charge in [0.05, 0.1) is 11.7 Å². The lowest BCUT2D eigenvalue weighted by atomic mass is 10.0. The number of hydrogen-bond donors (Lipinski definition) is 2. The molecule has 0 aromatic carbocycles. The van der Waals surface area contributed by atoms with E-state index in [1.165, 1.54) is 23.5 Å². The summed E-state index contributed by atoms with van der Waals surface area (Å²) in [6.07, 6.45) is 10.7. The van der Waals surface area contributed by atoms with E-state index in [4.69, 9.17) is 10.6 Å². The molecule has 3 aromatic heterocycles. The van der Waals surface area contributed by atoms with Crippen molar-refractivity contribution >= 4 is 69.3 Å². The molecule has 1 saturated carbocycles.